The van der Waals surface area contributed by atoms with E-state index >= 15 is 0 Å². The van der Waals surface area contributed by atoms with E-state index in [0.29, 0.717) is 13.0 Å². The SMILES string of the molecule is COC(=O)[C@H](C)[C@@H](O)[C@@H]1CCCN1C(=O)OC(C)(C)C. The van der Waals surface area contributed by atoms with Gasteiger partial charge in [-0.15, -0.1) is 0 Å². The quantitative estimate of drug-likeness (QED) is 0.797. The van der Waals surface area contributed by atoms with Crippen LogP contribution in [-0.4, -0.2) is 53.5 Å². The summed E-state index contributed by atoms with van der Waals surface area (Å²) in [4.78, 5) is 25.1. The van der Waals surface area contributed by atoms with Crippen LogP contribution in [0.5, 0.6) is 0 Å². The summed E-state index contributed by atoms with van der Waals surface area (Å²) in [6, 6.07) is -0.404. The fourth-order valence-electron chi connectivity index (χ4n) is 2.35. The molecule has 6 nitrogen and oxygen atoms in total. The van der Waals surface area contributed by atoms with Gasteiger partial charge in [0.2, 0.25) is 0 Å². The monoisotopic (exact) mass is 287 g/mol. The van der Waals surface area contributed by atoms with Crippen molar-refractivity contribution in [2.45, 2.75) is 58.3 Å². The molecule has 0 unspecified atom stereocenters. The zero-order chi connectivity index (χ0) is 15.5. The maximum atomic E-state index is 12.1. The van der Waals surface area contributed by atoms with Crippen LogP contribution in [0.2, 0.25) is 0 Å². The molecule has 6 heteroatoms. The van der Waals surface area contributed by atoms with Gasteiger partial charge in [0.1, 0.15) is 5.60 Å². The van der Waals surface area contributed by atoms with E-state index in [1.807, 2.05) is 0 Å². The number of methoxy groups -OCH3 is 1. The van der Waals surface area contributed by atoms with Crippen LogP contribution < -0.4 is 0 Å². The number of esters is 1. The van der Waals surface area contributed by atoms with E-state index in [1.54, 1.807) is 27.7 Å². The van der Waals surface area contributed by atoms with E-state index in [9.17, 15) is 14.7 Å². The number of ether oxygens (including phenoxy) is 2. The molecular weight excluding hydrogens is 262 g/mol. The number of aliphatic hydroxyl groups excluding tert-OH is 1. The fourth-order valence-corrected chi connectivity index (χ4v) is 2.35. The highest BCUT2D eigenvalue weighted by molar-refractivity contribution is 5.73. The average molecular weight is 287 g/mol. The summed E-state index contributed by atoms with van der Waals surface area (Å²) in [6.07, 6.45) is 0.0462. The highest BCUT2D eigenvalue weighted by Gasteiger charge is 2.40. The molecule has 0 aromatic rings. The predicted molar refractivity (Wildman–Crippen MR) is 73.1 cm³/mol. The van der Waals surface area contributed by atoms with Gasteiger partial charge in [-0.3, -0.25) is 4.79 Å². The lowest BCUT2D eigenvalue weighted by molar-refractivity contribution is -0.150. The zero-order valence-corrected chi connectivity index (χ0v) is 12.9. The number of hydrogen-bond acceptors (Lipinski definition) is 5. The Morgan fingerprint density at radius 1 is 1.35 bits per heavy atom. The van der Waals surface area contributed by atoms with Gasteiger partial charge in [-0.2, -0.15) is 0 Å². The molecule has 0 aliphatic carbocycles. The highest BCUT2D eigenvalue weighted by Crippen LogP contribution is 2.26. The van der Waals surface area contributed by atoms with Crippen molar-refractivity contribution in [3.8, 4) is 0 Å². The van der Waals surface area contributed by atoms with Crippen molar-refractivity contribution in [1.82, 2.24) is 4.90 Å². The normalized spacial score (nSPS) is 22.3. The molecule has 0 aromatic carbocycles. The summed E-state index contributed by atoms with van der Waals surface area (Å²) in [5.41, 5.74) is -0.580. The molecule has 1 rings (SSSR count). The first-order valence-electron chi connectivity index (χ1n) is 6.93. The van der Waals surface area contributed by atoms with Crippen LogP contribution >= 0.6 is 0 Å². The van der Waals surface area contributed by atoms with Gasteiger partial charge in [0.25, 0.3) is 0 Å². The first-order chi connectivity index (χ1) is 9.17. The van der Waals surface area contributed by atoms with Crippen molar-refractivity contribution in [2.24, 2.45) is 5.92 Å². The Balaban J connectivity index is 2.74. The van der Waals surface area contributed by atoms with E-state index in [2.05, 4.69) is 4.74 Å². The van der Waals surface area contributed by atoms with Gasteiger partial charge in [-0.05, 0) is 40.5 Å². The molecule has 1 saturated heterocycles. The number of carbonyl (C=O) groups excluding carboxylic acids is 2. The molecule has 0 bridgehead atoms. The lowest BCUT2D eigenvalue weighted by atomic mass is 9.96. The van der Waals surface area contributed by atoms with Gasteiger partial charge in [0, 0.05) is 6.54 Å². The third-order valence-corrected chi connectivity index (χ3v) is 3.41. The second kappa shape index (κ2) is 6.43. The van der Waals surface area contributed by atoms with Crippen molar-refractivity contribution in [3.63, 3.8) is 0 Å². The molecular formula is C14H25NO5. The lowest BCUT2D eigenvalue weighted by Gasteiger charge is -2.32. The summed E-state index contributed by atoms with van der Waals surface area (Å²) >= 11 is 0. The van der Waals surface area contributed by atoms with Crippen LogP contribution in [0, 0.1) is 5.92 Å². The Kier molecular flexibility index (Phi) is 5.39. The van der Waals surface area contributed by atoms with Crippen molar-refractivity contribution < 1.29 is 24.2 Å². The molecule has 0 radical (unpaired) electrons. The van der Waals surface area contributed by atoms with Crippen molar-refractivity contribution in [1.29, 1.82) is 0 Å². The van der Waals surface area contributed by atoms with Gasteiger partial charge in [-0.25, -0.2) is 4.79 Å². The maximum Gasteiger partial charge on any atom is 0.410 e. The number of hydrogen-bond donors (Lipinski definition) is 1. The predicted octanol–water partition coefficient (Wildman–Crippen LogP) is 1.56. The van der Waals surface area contributed by atoms with E-state index in [0.717, 1.165) is 6.42 Å². The van der Waals surface area contributed by atoms with Crippen LogP contribution in [-0.2, 0) is 14.3 Å². The summed E-state index contributed by atoms with van der Waals surface area (Å²) in [5, 5.41) is 10.3. The molecule has 20 heavy (non-hydrogen) atoms. The number of likely N-dealkylation sites (tertiary alicyclic amines) is 1. The maximum absolute atomic E-state index is 12.1. The number of rotatable bonds is 3. The Hall–Kier alpha value is -1.30. The summed E-state index contributed by atoms with van der Waals surface area (Å²) in [7, 11) is 1.28. The molecule has 1 amide bonds. The first-order valence-corrected chi connectivity index (χ1v) is 6.93. The molecule has 0 spiro atoms. The molecule has 0 aromatic heterocycles. The fraction of sp³-hybridized carbons (Fsp3) is 0.857. The molecule has 1 aliphatic rings. The summed E-state index contributed by atoms with van der Waals surface area (Å²) in [5.74, 6) is -1.15. The van der Waals surface area contributed by atoms with Gasteiger partial charge in [0.05, 0.1) is 25.2 Å². The Morgan fingerprint density at radius 2 is 1.95 bits per heavy atom. The highest BCUT2D eigenvalue weighted by atomic mass is 16.6. The van der Waals surface area contributed by atoms with Gasteiger partial charge in [0.15, 0.2) is 0 Å². The standard InChI is InChI=1S/C14H25NO5/c1-9(12(17)19-5)11(16)10-7-6-8-15(10)13(18)20-14(2,3)4/h9-11,16H,6-8H2,1-5H3/t9-,10+,11-/m1/s1. The van der Waals surface area contributed by atoms with Gasteiger partial charge in [-0.1, -0.05) is 0 Å². The van der Waals surface area contributed by atoms with Crippen LogP contribution in [0.25, 0.3) is 0 Å². The van der Waals surface area contributed by atoms with E-state index in [1.165, 1.54) is 12.0 Å². The smallest absolute Gasteiger partial charge is 0.410 e. The molecule has 1 heterocycles. The first kappa shape index (κ1) is 16.8. The number of carbonyl (C=O) groups is 2. The Morgan fingerprint density at radius 3 is 2.45 bits per heavy atom. The van der Waals surface area contributed by atoms with Crippen molar-refractivity contribution in [2.75, 3.05) is 13.7 Å². The Labute approximate surface area is 120 Å². The minimum Gasteiger partial charge on any atom is -0.469 e. The molecule has 1 aliphatic heterocycles. The third-order valence-electron chi connectivity index (χ3n) is 3.41. The topological polar surface area (TPSA) is 76.1 Å². The van der Waals surface area contributed by atoms with Gasteiger partial charge < -0.3 is 19.5 Å². The third kappa shape index (κ3) is 4.10. The van der Waals surface area contributed by atoms with Crippen LogP contribution in [0.15, 0.2) is 0 Å². The van der Waals surface area contributed by atoms with Crippen LogP contribution in [0.1, 0.15) is 40.5 Å². The molecule has 1 N–H and O–H groups in total. The Bertz CT molecular complexity index is 363. The number of nitrogens with zero attached hydrogens (tertiary/aromatic N) is 1. The molecule has 0 saturated carbocycles. The number of amides is 1. The largest absolute Gasteiger partial charge is 0.469 e. The average Bonchev–Trinajstić information content (AvgIpc) is 2.83. The minimum absolute atomic E-state index is 0.404. The zero-order valence-electron chi connectivity index (χ0n) is 12.9. The summed E-state index contributed by atoms with van der Waals surface area (Å²) in [6.45, 7) is 7.52. The minimum atomic E-state index is -0.947. The van der Waals surface area contributed by atoms with E-state index in [4.69, 9.17) is 4.74 Å². The van der Waals surface area contributed by atoms with Gasteiger partial charge >= 0.3 is 12.1 Å². The van der Waals surface area contributed by atoms with E-state index in [-0.39, 0.29) is 0 Å². The van der Waals surface area contributed by atoms with Crippen molar-refractivity contribution in [3.05, 3.63) is 0 Å². The molecule has 1 fully saturated rings. The number of aliphatic hydroxyl groups is 1. The van der Waals surface area contributed by atoms with Crippen LogP contribution in [0.3, 0.4) is 0 Å². The molecule has 116 valence electrons. The second-order valence-corrected chi connectivity index (χ2v) is 6.19. The summed E-state index contributed by atoms with van der Waals surface area (Å²) < 4.78 is 9.96. The van der Waals surface area contributed by atoms with E-state index < -0.39 is 35.7 Å². The van der Waals surface area contributed by atoms with Crippen molar-refractivity contribution >= 4 is 12.1 Å². The van der Waals surface area contributed by atoms with Crippen LogP contribution in [0.4, 0.5) is 4.79 Å². The molecule has 3 atom stereocenters. The lowest BCUT2D eigenvalue weighted by Crippen LogP contribution is -2.48. The second-order valence-electron chi connectivity index (χ2n) is 6.19.